The number of anilines is 1. The van der Waals surface area contributed by atoms with Crippen molar-refractivity contribution >= 4 is 23.2 Å². The summed E-state index contributed by atoms with van der Waals surface area (Å²) in [4.78, 5) is 16.9. The molecule has 2 heterocycles. The number of nitrogens with one attached hydrogen (secondary N) is 1. The lowest BCUT2D eigenvalue weighted by atomic mass is 10.2. The zero-order chi connectivity index (χ0) is 18.7. The third kappa shape index (κ3) is 4.60. The van der Waals surface area contributed by atoms with E-state index in [9.17, 15) is 9.18 Å². The van der Waals surface area contributed by atoms with Crippen molar-refractivity contribution in [2.45, 2.75) is 26.4 Å². The van der Waals surface area contributed by atoms with Crippen LogP contribution in [0.25, 0.3) is 0 Å². The highest BCUT2D eigenvalue weighted by atomic mass is 35.5. The van der Waals surface area contributed by atoms with Crippen LogP contribution in [0.3, 0.4) is 0 Å². The van der Waals surface area contributed by atoms with E-state index in [1.54, 1.807) is 0 Å². The highest BCUT2D eigenvalue weighted by Crippen LogP contribution is 2.23. The van der Waals surface area contributed by atoms with Crippen LogP contribution in [-0.4, -0.2) is 53.1 Å². The van der Waals surface area contributed by atoms with E-state index in [1.807, 2.05) is 19.9 Å². The van der Waals surface area contributed by atoms with Crippen molar-refractivity contribution in [3.63, 3.8) is 0 Å². The monoisotopic (exact) mass is 380 g/mol. The van der Waals surface area contributed by atoms with Gasteiger partial charge in [-0.2, -0.15) is 0 Å². The lowest BCUT2D eigenvalue weighted by molar-refractivity contribution is -0.121. The number of halogens is 2. The van der Waals surface area contributed by atoms with Crippen LogP contribution in [0.2, 0.25) is 5.02 Å². The Morgan fingerprint density at radius 3 is 2.69 bits per heavy atom. The van der Waals surface area contributed by atoms with Crippen molar-refractivity contribution < 1.29 is 13.7 Å². The minimum Gasteiger partial charge on any atom is -0.361 e. The van der Waals surface area contributed by atoms with E-state index in [2.05, 4.69) is 20.3 Å². The Kier molecular flexibility index (Phi) is 5.90. The molecular formula is C18H22ClFN4O2. The maximum atomic E-state index is 13.1. The van der Waals surface area contributed by atoms with Gasteiger partial charge in [0.1, 0.15) is 11.6 Å². The van der Waals surface area contributed by atoms with Gasteiger partial charge in [-0.25, -0.2) is 4.39 Å². The molecule has 0 saturated carbocycles. The van der Waals surface area contributed by atoms with Crippen molar-refractivity contribution in [3.05, 3.63) is 46.6 Å². The van der Waals surface area contributed by atoms with Crippen molar-refractivity contribution in [1.82, 2.24) is 15.0 Å². The van der Waals surface area contributed by atoms with Gasteiger partial charge in [-0.1, -0.05) is 16.8 Å². The van der Waals surface area contributed by atoms with E-state index in [0.29, 0.717) is 5.69 Å². The second-order valence-electron chi connectivity index (χ2n) is 6.53. The summed E-state index contributed by atoms with van der Waals surface area (Å²) >= 11 is 5.97. The van der Waals surface area contributed by atoms with Gasteiger partial charge in [0.25, 0.3) is 0 Å². The van der Waals surface area contributed by atoms with Gasteiger partial charge < -0.3 is 9.84 Å². The van der Waals surface area contributed by atoms with Crippen LogP contribution in [-0.2, 0) is 11.3 Å². The number of aromatic nitrogens is 1. The van der Waals surface area contributed by atoms with E-state index in [1.165, 1.54) is 18.2 Å². The summed E-state index contributed by atoms with van der Waals surface area (Å²) < 4.78 is 18.2. The molecule has 1 fully saturated rings. The van der Waals surface area contributed by atoms with Gasteiger partial charge >= 0.3 is 0 Å². The van der Waals surface area contributed by atoms with Crippen molar-refractivity contribution in [3.8, 4) is 0 Å². The Morgan fingerprint density at radius 1 is 1.35 bits per heavy atom. The van der Waals surface area contributed by atoms with Gasteiger partial charge in [0.2, 0.25) is 5.91 Å². The number of hydrogen-bond acceptors (Lipinski definition) is 5. The number of rotatable bonds is 5. The van der Waals surface area contributed by atoms with Gasteiger partial charge in [-0.15, -0.1) is 0 Å². The molecule has 1 N–H and O–H groups in total. The highest BCUT2D eigenvalue weighted by Gasteiger charge is 2.26. The predicted molar refractivity (Wildman–Crippen MR) is 97.6 cm³/mol. The molecular weight excluding hydrogens is 359 g/mol. The number of carbonyl (C=O) groups excluding carboxylic acids is 1. The quantitative estimate of drug-likeness (QED) is 0.864. The van der Waals surface area contributed by atoms with Crippen LogP contribution >= 0.6 is 11.6 Å². The normalized spacial score (nSPS) is 17.2. The van der Waals surface area contributed by atoms with Crippen molar-refractivity contribution in [1.29, 1.82) is 0 Å². The molecule has 1 aliphatic heterocycles. The second kappa shape index (κ2) is 8.16. The number of amides is 1. The molecule has 3 rings (SSSR count). The number of piperazine rings is 1. The zero-order valence-electron chi connectivity index (χ0n) is 14.8. The number of benzene rings is 1. The van der Waals surface area contributed by atoms with E-state index in [4.69, 9.17) is 16.1 Å². The molecule has 1 saturated heterocycles. The Bertz CT molecular complexity index is 774. The zero-order valence-corrected chi connectivity index (χ0v) is 15.6. The third-order valence-corrected chi connectivity index (χ3v) is 4.90. The van der Waals surface area contributed by atoms with E-state index in [-0.39, 0.29) is 17.0 Å². The summed E-state index contributed by atoms with van der Waals surface area (Å²) in [6.07, 6.45) is 0. The SMILES string of the molecule is Cc1cc(CN2CCN([C@H](C)C(=O)Nc3ccc(F)cc3Cl)CC2)no1. The molecule has 8 heteroatoms. The Labute approximate surface area is 156 Å². The average molecular weight is 381 g/mol. The molecule has 0 bridgehead atoms. The molecule has 1 aromatic carbocycles. The Hall–Kier alpha value is -1.96. The smallest absolute Gasteiger partial charge is 0.241 e. The van der Waals surface area contributed by atoms with E-state index in [0.717, 1.165) is 44.2 Å². The van der Waals surface area contributed by atoms with Crippen LogP contribution < -0.4 is 5.32 Å². The fourth-order valence-corrected chi connectivity index (χ4v) is 3.24. The minimum absolute atomic E-state index is 0.154. The first-order valence-electron chi connectivity index (χ1n) is 8.57. The van der Waals surface area contributed by atoms with E-state index >= 15 is 0 Å². The molecule has 1 aliphatic rings. The number of carbonyl (C=O) groups is 1. The Balaban J connectivity index is 1.51. The summed E-state index contributed by atoms with van der Waals surface area (Å²) in [5, 5.41) is 6.99. The Morgan fingerprint density at radius 2 is 2.08 bits per heavy atom. The van der Waals surface area contributed by atoms with Gasteiger partial charge in [-0.05, 0) is 32.0 Å². The van der Waals surface area contributed by atoms with Gasteiger partial charge in [0.05, 0.1) is 22.4 Å². The molecule has 0 spiro atoms. The van der Waals surface area contributed by atoms with Crippen LogP contribution in [0.15, 0.2) is 28.8 Å². The fourth-order valence-electron chi connectivity index (χ4n) is 3.02. The molecule has 6 nitrogen and oxygen atoms in total. The highest BCUT2D eigenvalue weighted by molar-refractivity contribution is 6.33. The molecule has 0 unspecified atom stereocenters. The predicted octanol–water partition coefficient (Wildman–Crippen LogP) is 2.92. The lowest BCUT2D eigenvalue weighted by Crippen LogP contribution is -2.52. The fraction of sp³-hybridized carbons (Fsp3) is 0.444. The molecule has 0 radical (unpaired) electrons. The molecule has 2 aromatic rings. The summed E-state index contributed by atoms with van der Waals surface area (Å²) in [5.74, 6) is 0.224. The minimum atomic E-state index is -0.431. The standard InChI is InChI=1S/C18H22ClFN4O2/c1-12-9-15(22-26-12)11-23-5-7-24(8-6-23)13(2)18(25)21-17-4-3-14(20)10-16(17)19/h3-4,9-10,13H,5-8,11H2,1-2H3,(H,21,25)/t13-/m1/s1. The average Bonchev–Trinajstić information content (AvgIpc) is 3.02. The molecule has 0 aliphatic carbocycles. The van der Waals surface area contributed by atoms with E-state index < -0.39 is 5.82 Å². The van der Waals surface area contributed by atoms with Crippen LogP contribution in [0.5, 0.6) is 0 Å². The number of nitrogens with zero attached hydrogens (tertiary/aromatic N) is 3. The molecule has 1 amide bonds. The summed E-state index contributed by atoms with van der Waals surface area (Å²) in [6.45, 7) is 7.75. The van der Waals surface area contributed by atoms with Gasteiger partial charge in [0.15, 0.2) is 0 Å². The summed E-state index contributed by atoms with van der Waals surface area (Å²) in [5.41, 5.74) is 1.35. The number of aryl methyl sites for hydroxylation is 1. The summed E-state index contributed by atoms with van der Waals surface area (Å²) in [7, 11) is 0. The molecule has 140 valence electrons. The summed E-state index contributed by atoms with van der Waals surface area (Å²) in [6, 6.07) is 5.57. The first kappa shape index (κ1) is 18.8. The molecule has 26 heavy (non-hydrogen) atoms. The van der Waals surface area contributed by atoms with Crippen molar-refractivity contribution in [2.75, 3.05) is 31.5 Å². The van der Waals surface area contributed by atoms with Crippen LogP contribution in [0.1, 0.15) is 18.4 Å². The first-order valence-corrected chi connectivity index (χ1v) is 8.94. The maximum absolute atomic E-state index is 13.1. The molecule has 1 atom stereocenters. The number of hydrogen-bond donors (Lipinski definition) is 1. The van der Waals surface area contributed by atoms with Crippen LogP contribution in [0.4, 0.5) is 10.1 Å². The topological polar surface area (TPSA) is 61.6 Å². The van der Waals surface area contributed by atoms with Crippen molar-refractivity contribution in [2.24, 2.45) is 0 Å². The van der Waals surface area contributed by atoms with Gasteiger partial charge in [-0.3, -0.25) is 14.6 Å². The lowest BCUT2D eigenvalue weighted by Gasteiger charge is -2.37. The van der Waals surface area contributed by atoms with Gasteiger partial charge in [0, 0.05) is 38.8 Å². The first-order chi connectivity index (χ1) is 12.4. The second-order valence-corrected chi connectivity index (χ2v) is 6.94. The third-order valence-electron chi connectivity index (χ3n) is 4.59. The largest absolute Gasteiger partial charge is 0.361 e. The maximum Gasteiger partial charge on any atom is 0.241 e. The van der Waals surface area contributed by atoms with Crippen LogP contribution in [0, 0.1) is 12.7 Å². The molecule has 1 aromatic heterocycles.